The molecule has 2 aromatic carbocycles. The van der Waals surface area contributed by atoms with Crippen molar-refractivity contribution in [2.24, 2.45) is 0 Å². The molecule has 6 heteroatoms. The van der Waals surface area contributed by atoms with E-state index in [1.807, 2.05) is 55.5 Å². The van der Waals surface area contributed by atoms with Crippen molar-refractivity contribution >= 4 is 34.6 Å². The van der Waals surface area contributed by atoms with Crippen LogP contribution in [0, 0.1) is 6.92 Å². The molecule has 122 valence electrons. The second kappa shape index (κ2) is 7.19. The summed E-state index contributed by atoms with van der Waals surface area (Å²) >= 11 is 6.17. The van der Waals surface area contributed by atoms with Crippen molar-refractivity contribution in [2.75, 3.05) is 16.4 Å². The van der Waals surface area contributed by atoms with E-state index in [9.17, 15) is 0 Å². The molecule has 0 unspecified atom stereocenters. The van der Waals surface area contributed by atoms with Gasteiger partial charge in [0.05, 0.1) is 0 Å². The summed E-state index contributed by atoms with van der Waals surface area (Å²) < 4.78 is 0. The minimum Gasteiger partial charge on any atom is -0.393 e. The maximum atomic E-state index is 6.19. The van der Waals surface area contributed by atoms with Crippen molar-refractivity contribution < 1.29 is 0 Å². The number of anilines is 4. The first-order valence-corrected chi connectivity index (χ1v) is 7.93. The summed E-state index contributed by atoms with van der Waals surface area (Å²) in [6, 6.07) is 15.7. The van der Waals surface area contributed by atoms with Gasteiger partial charge in [-0.2, -0.15) is 0 Å². The fourth-order valence-electron chi connectivity index (χ4n) is 2.32. The predicted molar refractivity (Wildman–Crippen MR) is 99.7 cm³/mol. The van der Waals surface area contributed by atoms with E-state index in [1.54, 1.807) is 0 Å². The molecule has 0 aliphatic carbocycles. The average Bonchev–Trinajstić information content (AvgIpc) is 2.57. The van der Waals surface area contributed by atoms with E-state index in [0.29, 0.717) is 28.9 Å². The number of nitrogens with one attached hydrogen (secondary N) is 2. The van der Waals surface area contributed by atoms with Crippen LogP contribution in [0.5, 0.6) is 0 Å². The number of aromatic nitrogens is 2. The van der Waals surface area contributed by atoms with Crippen LogP contribution in [-0.2, 0) is 6.54 Å². The Morgan fingerprint density at radius 2 is 1.83 bits per heavy atom. The Balaban J connectivity index is 1.77. The Morgan fingerprint density at radius 3 is 2.62 bits per heavy atom. The Morgan fingerprint density at radius 1 is 1.04 bits per heavy atom. The second-order valence-corrected chi connectivity index (χ2v) is 5.83. The molecule has 0 bridgehead atoms. The number of hydrogen-bond donors (Lipinski definition) is 3. The molecule has 0 spiro atoms. The van der Waals surface area contributed by atoms with Crippen LogP contribution in [0.25, 0.3) is 0 Å². The van der Waals surface area contributed by atoms with Gasteiger partial charge in [0.25, 0.3) is 0 Å². The molecule has 4 N–H and O–H groups in total. The molecule has 3 aromatic rings. The van der Waals surface area contributed by atoms with Gasteiger partial charge in [-0.15, -0.1) is 0 Å². The van der Waals surface area contributed by atoms with E-state index in [1.165, 1.54) is 6.33 Å². The maximum absolute atomic E-state index is 6.19. The third-order valence-corrected chi connectivity index (χ3v) is 3.94. The van der Waals surface area contributed by atoms with Gasteiger partial charge < -0.3 is 16.4 Å². The van der Waals surface area contributed by atoms with Gasteiger partial charge in [-0.05, 0) is 36.2 Å². The molecule has 0 aliphatic heterocycles. The van der Waals surface area contributed by atoms with Gasteiger partial charge in [-0.1, -0.05) is 41.9 Å². The molecule has 0 radical (unpaired) electrons. The van der Waals surface area contributed by atoms with E-state index in [-0.39, 0.29) is 0 Å². The third kappa shape index (κ3) is 3.75. The van der Waals surface area contributed by atoms with E-state index in [0.717, 1.165) is 16.8 Å². The zero-order valence-corrected chi connectivity index (χ0v) is 14.0. The van der Waals surface area contributed by atoms with Crippen LogP contribution in [0.2, 0.25) is 5.02 Å². The number of nitrogens with two attached hydrogens (primary N) is 1. The number of benzene rings is 2. The smallest absolute Gasteiger partial charge is 0.159 e. The highest BCUT2D eigenvalue weighted by Gasteiger charge is 2.09. The number of nitrogen functional groups attached to an aromatic ring is 1. The largest absolute Gasteiger partial charge is 0.393 e. The first kappa shape index (κ1) is 16.1. The van der Waals surface area contributed by atoms with Gasteiger partial charge in [0.1, 0.15) is 12.0 Å². The van der Waals surface area contributed by atoms with Gasteiger partial charge in [0, 0.05) is 17.3 Å². The molecular weight excluding hydrogens is 322 g/mol. The van der Waals surface area contributed by atoms with Gasteiger partial charge >= 0.3 is 0 Å². The van der Waals surface area contributed by atoms with Gasteiger partial charge in [0.15, 0.2) is 11.6 Å². The SMILES string of the molecule is Cc1cccc(Nc2ncnc(NCc3ccccc3Cl)c2N)c1. The van der Waals surface area contributed by atoms with Gasteiger partial charge in [-0.3, -0.25) is 0 Å². The minimum absolute atomic E-state index is 0.464. The van der Waals surface area contributed by atoms with Crippen LogP contribution in [0.3, 0.4) is 0 Å². The maximum Gasteiger partial charge on any atom is 0.159 e. The summed E-state index contributed by atoms with van der Waals surface area (Å²) in [6.45, 7) is 2.57. The molecule has 0 saturated heterocycles. The lowest BCUT2D eigenvalue weighted by Crippen LogP contribution is -2.08. The average molecular weight is 340 g/mol. The monoisotopic (exact) mass is 339 g/mol. The summed E-state index contributed by atoms with van der Waals surface area (Å²) in [4.78, 5) is 8.44. The Bertz CT molecular complexity index is 850. The second-order valence-electron chi connectivity index (χ2n) is 5.42. The molecule has 24 heavy (non-hydrogen) atoms. The highest BCUT2D eigenvalue weighted by Crippen LogP contribution is 2.27. The Kier molecular flexibility index (Phi) is 4.82. The van der Waals surface area contributed by atoms with Gasteiger partial charge in [-0.25, -0.2) is 9.97 Å². The lowest BCUT2D eigenvalue weighted by atomic mass is 10.2. The summed E-state index contributed by atoms with van der Waals surface area (Å²) in [7, 11) is 0. The molecule has 0 atom stereocenters. The number of aryl methyl sites for hydroxylation is 1. The van der Waals surface area contributed by atoms with Crippen molar-refractivity contribution in [3.05, 3.63) is 71.0 Å². The highest BCUT2D eigenvalue weighted by molar-refractivity contribution is 6.31. The van der Waals surface area contributed by atoms with Crippen molar-refractivity contribution in [3.63, 3.8) is 0 Å². The topological polar surface area (TPSA) is 75.9 Å². The van der Waals surface area contributed by atoms with Crippen LogP contribution in [0.4, 0.5) is 23.0 Å². The summed E-state index contributed by atoms with van der Waals surface area (Å²) in [5.74, 6) is 1.14. The van der Waals surface area contributed by atoms with Crippen molar-refractivity contribution in [1.82, 2.24) is 9.97 Å². The zero-order chi connectivity index (χ0) is 16.9. The minimum atomic E-state index is 0.464. The van der Waals surface area contributed by atoms with E-state index >= 15 is 0 Å². The summed E-state index contributed by atoms with van der Waals surface area (Å²) in [6.07, 6.45) is 1.48. The Labute approximate surface area is 145 Å². The third-order valence-electron chi connectivity index (χ3n) is 3.57. The van der Waals surface area contributed by atoms with Crippen LogP contribution in [0.1, 0.15) is 11.1 Å². The quantitative estimate of drug-likeness (QED) is 0.643. The lowest BCUT2D eigenvalue weighted by molar-refractivity contribution is 1.09. The summed E-state index contributed by atoms with van der Waals surface area (Å²) in [5.41, 5.74) is 9.71. The predicted octanol–water partition coefficient (Wildman–Crippen LogP) is 4.38. The number of nitrogens with zero attached hydrogens (tertiary/aromatic N) is 2. The number of hydrogen-bond acceptors (Lipinski definition) is 5. The van der Waals surface area contributed by atoms with Crippen molar-refractivity contribution in [2.45, 2.75) is 13.5 Å². The molecule has 1 heterocycles. The van der Waals surface area contributed by atoms with Gasteiger partial charge in [0.2, 0.25) is 0 Å². The van der Waals surface area contributed by atoms with E-state index < -0.39 is 0 Å². The van der Waals surface area contributed by atoms with E-state index in [2.05, 4.69) is 20.6 Å². The highest BCUT2D eigenvalue weighted by atomic mass is 35.5. The zero-order valence-electron chi connectivity index (χ0n) is 13.3. The fourth-order valence-corrected chi connectivity index (χ4v) is 2.52. The molecule has 0 fully saturated rings. The van der Waals surface area contributed by atoms with Crippen molar-refractivity contribution in [1.29, 1.82) is 0 Å². The fraction of sp³-hybridized carbons (Fsp3) is 0.111. The Hall–Kier alpha value is -2.79. The molecule has 3 rings (SSSR count). The first-order valence-electron chi connectivity index (χ1n) is 7.55. The van der Waals surface area contributed by atoms with Crippen LogP contribution >= 0.6 is 11.6 Å². The standard InChI is InChI=1S/C18H18ClN5/c1-12-5-4-7-14(9-12)24-18-16(20)17(22-11-23-18)21-10-13-6-2-3-8-15(13)19/h2-9,11H,10,20H2,1H3,(H2,21,22,23,24). The van der Waals surface area contributed by atoms with Crippen LogP contribution < -0.4 is 16.4 Å². The molecular formula is C18H18ClN5. The molecule has 0 aliphatic rings. The van der Waals surface area contributed by atoms with Crippen LogP contribution in [0.15, 0.2) is 54.9 Å². The lowest BCUT2D eigenvalue weighted by Gasteiger charge is -2.13. The molecule has 0 saturated carbocycles. The molecule has 0 amide bonds. The first-order chi connectivity index (χ1) is 11.6. The normalized spacial score (nSPS) is 10.4. The van der Waals surface area contributed by atoms with E-state index in [4.69, 9.17) is 17.3 Å². The van der Waals surface area contributed by atoms with Crippen molar-refractivity contribution in [3.8, 4) is 0 Å². The summed E-state index contributed by atoms with van der Waals surface area (Å²) in [5, 5.41) is 7.13. The molecule has 1 aromatic heterocycles. The molecule has 5 nitrogen and oxygen atoms in total. The van der Waals surface area contributed by atoms with Crippen LogP contribution in [-0.4, -0.2) is 9.97 Å². The number of halogens is 1. The number of rotatable bonds is 5.